The van der Waals surface area contributed by atoms with Crippen LogP contribution in [0.2, 0.25) is 0 Å². The summed E-state index contributed by atoms with van der Waals surface area (Å²) < 4.78 is 1.15. The molecule has 2 aromatic carbocycles. The zero-order valence-electron chi connectivity index (χ0n) is 19.1. The van der Waals surface area contributed by atoms with Gasteiger partial charge in [-0.1, -0.05) is 48.1 Å². The van der Waals surface area contributed by atoms with Crippen molar-refractivity contribution in [1.82, 2.24) is 9.88 Å². The number of rotatable bonds is 8. The van der Waals surface area contributed by atoms with Gasteiger partial charge in [-0.3, -0.25) is 9.69 Å². The van der Waals surface area contributed by atoms with Crippen LogP contribution in [-0.4, -0.2) is 43.0 Å². The van der Waals surface area contributed by atoms with Crippen LogP contribution in [0.4, 0.5) is 5.13 Å². The van der Waals surface area contributed by atoms with E-state index < -0.39 is 0 Å². The molecule has 1 heterocycles. The van der Waals surface area contributed by atoms with Crippen molar-refractivity contribution in [2.24, 2.45) is 0 Å². The van der Waals surface area contributed by atoms with Gasteiger partial charge in [0.2, 0.25) is 5.91 Å². The fraction of sp³-hybridized carbons (Fsp3) is 0.440. The summed E-state index contributed by atoms with van der Waals surface area (Å²) in [5.41, 5.74) is 7.02. The summed E-state index contributed by atoms with van der Waals surface area (Å²) >= 11 is 1.62. The molecule has 3 aromatic rings. The maximum atomic E-state index is 13.5. The van der Waals surface area contributed by atoms with Crippen molar-refractivity contribution < 1.29 is 4.79 Å². The van der Waals surface area contributed by atoms with E-state index in [-0.39, 0.29) is 5.91 Å². The van der Waals surface area contributed by atoms with Crippen molar-refractivity contribution in [3.63, 3.8) is 0 Å². The van der Waals surface area contributed by atoms with E-state index in [4.69, 9.17) is 4.98 Å². The Kier molecular flexibility index (Phi) is 7.27. The number of para-hydroxylation sites is 1. The monoisotopic (exact) mass is 423 g/mol. The zero-order chi connectivity index (χ0) is 21.8. The second-order valence-electron chi connectivity index (χ2n) is 8.37. The van der Waals surface area contributed by atoms with E-state index in [9.17, 15) is 4.79 Å². The van der Waals surface area contributed by atoms with Crippen molar-refractivity contribution >= 4 is 32.6 Å². The number of carbonyl (C=O) groups excluding carboxylic acids is 1. The third-order valence-electron chi connectivity index (χ3n) is 5.56. The molecule has 0 spiro atoms. The number of thiazole rings is 1. The van der Waals surface area contributed by atoms with Gasteiger partial charge in [0.1, 0.15) is 0 Å². The minimum atomic E-state index is 0.126. The Labute approximate surface area is 184 Å². The third kappa shape index (κ3) is 5.08. The van der Waals surface area contributed by atoms with E-state index >= 15 is 0 Å². The van der Waals surface area contributed by atoms with Crippen LogP contribution in [0.3, 0.4) is 0 Å². The molecule has 0 unspecified atom stereocenters. The molecule has 30 heavy (non-hydrogen) atoms. The van der Waals surface area contributed by atoms with Crippen LogP contribution in [0, 0.1) is 20.8 Å². The minimum Gasteiger partial charge on any atom is -0.309 e. The highest BCUT2D eigenvalue weighted by Gasteiger charge is 2.22. The highest BCUT2D eigenvalue weighted by molar-refractivity contribution is 7.22. The minimum absolute atomic E-state index is 0.126. The normalized spacial score (nSPS) is 11.4. The predicted molar refractivity (Wildman–Crippen MR) is 129 cm³/mol. The molecule has 4 nitrogen and oxygen atoms in total. The number of aryl methyl sites for hydroxylation is 4. The Hall–Kier alpha value is -2.24. The number of aromatic nitrogens is 1. The molecule has 1 amide bonds. The molecule has 1 aromatic heterocycles. The van der Waals surface area contributed by atoms with Gasteiger partial charge in [0, 0.05) is 6.54 Å². The summed E-state index contributed by atoms with van der Waals surface area (Å²) in [7, 11) is 4.13. The lowest BCUT2D eigenvalue weighted by molar-refractivity contribution is -0.118. The lowest BCUT2D eigenvalue weighted by atomic mass is 9.97. The van der Waals surface area contributed by atoms with Gasteiger partial charge in [-0.05, 0) is 82.6 Å². The number of amides is 1. The van der Waals surface area contributed by atoms with Crippen LogP contribution in [0.15, 0.2) is 30.3 Å². The van der Waals surface area contributed by atoms with Gasteiger partial charge in [-0.15, -0.1) is 0 Å². The average Bonchev–Trinajstić information content (AvgIpc) is 3.11. The van der Waals surface area contributed by atoms with E-state index in [2.05, 4.69) is 77.0 Å². The first-order valence-corrected chi connectivity index (χ1v) is 11.5. The zero-order valence-corrected chi connectivity index (χ0v) is 19.9. The van der Waals surface area contributed by atoms with Crippen LogP contribution in [0.5, 0.6) is 0 Å². The summed E-state index contributed by atoms with van der Waals surface area (Å²) in [4.78, 5) is 22.5. The maximum Gasteiger partial charge on any atom is 0.233 e. The Morgan fingerprint density at radius 1 is 1.07 bits per heavy atom. The van der Waals surface area contributed by atoms with Gasteiger partial charge in [0.25, 0.3) is 0 Å². The van der Waals surface area contributed by atoms with E-state index in [1.807, 2.05) is 4.90 Å². The molecule has 0 radical (unpaired) electrons. The lowest BCUT2D eigenvalue weighted by Gasteiger charge is -2.22. The molecule has 0 bridgehead atoms. The first-order valence-electron chi connectivity index (χ1n) is 10.7. The second-order valence-corrected chi connectivity index (χ2v) is 9.38. The molecule has 0 atom stereocenters. The van der Waals surface area contributed by atoms with Crippen LogP contribution < -0.4 is 4.90 Å². The fourth-order valence-electron chi connectivity index (χ4n) is 4.00. The molecule has 0 aliphatic rings. The molecule has 3 rings (SSSR count). The quantitative estimate of drug-likeness (QED) is 0.492. The van der Waals surface area contributed by atoms with Crippen LogP contribution in [-0.2, 0) is 17.6 Å². The van der Waals surface area contributed by atoms with Gasteiger partial charge in [-0.25, -0.2) is 4.98 Å². The van der Waals surface area contributed by atoms with Crippen molar-refractivity contribution in [2.45, 2.75) is 47.0 Å². The summed E-state index contributed by atoms with van der Waals surface area (Å²) in [5.74, 6) is 0.126. The van der Waals surface area contributed by atoms with Crippen LogP contribution in [0.1, 0.15) is 41.2 Å². The van der Waals surface area contributed by atoms with Gasteiger partial charge < -0.3 is 4.90 Å². The summed E-state index contributed by atoms with van der Waals surface area (Å²) in [6.45, 7) is 10.1. The Morgan fingerprint density at radius 2 is 1.77 bits per heavy atom. The first-order chi connectivity index (χ1) is 14.3. The highest BCUT2D eigenvalue weighted by Crippen LogP contribution is 2.32. The first kappa shape index (κ1) is 22.4. The number of hydrogen-bond acceptors (Lipinski definition) is 4. The van der Waals surface area contributed by atoms with Crippen molar-refractivity contribution in [3.8, 4) is 0 Å². The fourth-order valence-corrected chi connectivity index (χ4v) is 5.06. The molecule has 0 aliphatic heterocycles. The molecule has 0 saturated carbocycles. The number of nitrogens with zero attached hydrogens (tertiary/aromatic N) is 3. The number of hydrogen-bond donors (Lipinski definition) is 0. The SMILES string of the molecule is CCc1cccc2sc(N(CCCN(C)C)C(=O)Cc3c(C)cc(C)cc3C)nc12. The van der Waals surface area contributed by atoms with E-state index in [1.54, 1.807) is 11.3 Å². The second kappa shape index (κ2) is 9.71. The molecule has 5 heteroatoms. The Bertz CT molecular complexity index is 1020. The van der Waals surface area contributed by atoms with Gasteiger partial charge in [-0.2, -0.15) is 0 Å². The van der Waals surface area contributed by atoms with Crippen molar-refractivity contribution in [2.75, 3.05) is 32.1 Å². The molecule has 0 N–H and O–H groups in total. The molecular weight excluding hydrogens is 390 g/mol. The summed E-state index contributed by atoms with van der Waals surface area (Å²) in [5, 5.41) is 0.817. The van der Waals surface area contributed by atoms with Crippen molar-refractivity contribution in [1.29, 1.82) is 0 Å². The van der Waals surface area contributed by atoms with Gasteiger partial charge >= 0.3 is 0 Å². The molecule has 0 saturated heterocycles. The number of benzene rings is 2. The Balaban J connectivity index is 1.93. The van der Waals surface area contributed by atoms with E-state index in [1.165, 1.54) is 22.3 Å². The topological polar surface area (TPSA) is 36.4 Å². The van der Waals surface area contributed by atoms with Crippen LogP contribution >= 0.6 is 11.3 Å². The molecular formula is C25H33N3OS. The van der Waals surface area contributed by atoms with E-state index in [0.29, 0.717) is 13.0 Å². The predicted octanol–water partition coefficient (Wildman–Crippen LogP) is 5.31. The summed E-state index contributed by atoms with van der Waals surface area (Å²) in [6.07, 6.45) is 2.27. The maximum absolute atomic E-state index is 13.5. The molecule has 0 fully saturated rings. The number of anilines is 1. The van der Waals surface area contributed by atoms with Gasteiger partial charge in [0.15, 0.2) is 5.13 Å². The highest BCUT2D eigenvalue weighted by atomic mass is 32.1. The largest absolute Gasteiger partial charge is 0.309 e. The van der Waals surface area contributed by atoms with Crippen molar-refractivity contribution in [3.05, 3.63) is 58.1 Å². The Morgan fingerprint density at radius 3 is 2.40 bits per heavy atom. The summed E-state index contributed by atoms with van der Waals surface area (Å²) in [6, 6.07) is 10.6. The average molecular weight is 424 g/mol. The van der Waals surface area contributed by atoms with Gasteiger partial charge in [0.05, 0.1) is 16.6 Å². The smallest absolute Gasteiger partial charge is 0.233 e. The standard InChI is InChI=1S/C25H33N3OS/c1-7-20-10-8-11-22-24(20)26-25(30-22)28(13-9-12-27(5)6)23(29)16-21-18(3)14-17(2)15-19(21)4/h8,10-11,14-15H,7,9,12-13,16H2,1-6H3. The van der Waals surface area contributed by atoms with E-state index in [0.717, 1.165) is 40.3 Å². The van der Waals surface area contributed by atoms with Crippen LogP contribution in [0.25, 0.3) is 10.2 Å². The number of carbonyl (C=O) groups is 1. The lowest BCUT2D eigenvalue weighted by Crippen LogP contribution is -2.34. The molecule has 160 valence electrons. The third-order valence-corrected chi connectivity index (χ3v) is 6.60. The molecule has 0 aliphatic carbocycles. The number of fused-ring (bicyclic) bond motifs is 1.